The van der Waals surface area contributed by atoms with Crippen molar-refractivity contribution in [1.29, 1.82) is 0 Å². The van der Waals surface area contributed by atoms with E-state index in [0.29, 0.717) is 0 Å². The molecular formula is C26H24Br2CuN4O4S2. The number of carboxylic acids is 2. The molecule has 0 aliphatic rings. The molecule has 209 valence electrons. The summed E-state index contributed by atoms with van der Waals surface area (Å²) in [6.07, 6.45) is 0. The van der Waals surface area contributed by atoms with Crippen molar-refractivity contribution in [2.75, 3.05) is 11.5 Å². The van der Waals surface area contributed by atoms with Gasteiger partial charge in [0.25, 0.3) is 0 Å². The van der Waals surface area contributed by atoms with Crippen LogP contribution in [-0.2, 0) is 26.7 Å². The number of fused-ring (bicyclic) bond motifs is 2. The quantitative estimate of drug-likeness (QED) is 0.203. The van der Waals surface area contributed by atoms with Crippen LogP contribution in [0.4, 0.5) is 0 Å². The number of pyridine rings is 2. The van der Waals surface area contributed by atoms with Crippen LogP contribution >= 0.6 is 55.4 Å². The van der Waals surface area contributed by atoms with Crippen LogP contribution in [0.5, 0.6) is 0 Å². The van der Waals surface area contributed by atoms with Crippen LogP contribution < -0.4 is 21.7 Å². The van der Waals surface area contributed by atoms with Crippen LogP contribution in [0.1, 0.15) is 11.4 Å². The van der Waals surface area contributed by atoms with Gasteiger partial charge in [-0.3, -0.25) is 9.97 Å². The van der Waals surface area contributed by atoms with Gasteiger partial charge in [0.1, 0.15) is 0 Å². The molecule has 0 bridgehead atoms. The van der Waals surface area contributed by atoms with E-state index in [1.165, 1.54) is 23.5 Å². The van der Waals surface area contributed by atoms with E-state index in [0.717, 1.165) is 51.9 Å². The Hall–Kier alpha value is -1.70. The van der Waals surface area contributed by atoms with Crippen molar-refractivity contribution in [1.82, 2.24) is 9.97 Å². The third-order valence-electron chi connectivity index (χ3n) is 5.16. The van der Waals surface area contributed by atoms with Crippen LogP contribution in [0, 0.1) is 13.8 Å². The monoisotopic (exact) mass is 741 g/mol. The van der Waals surface area contributed by atoms with Gasteiger partial charge in [-0.2, -0.15) is 0 Å². The van der Waals surface area contributed by atoms with E-state index in [1.54, 1.807) is 0 Å². The van der Waals surface area contributed by atoms with Gasteiger partial charge in [-0.15, -0.1) is 23.5 Å². The fraction of sp³-hybridized carbons (Fsp3) is 0.231. The summed E-state index contributed by atoms with van der Waals surface area (Å²) in [4.78, 5) is 32.1. The van der Waals surface area contributed by atoms with E-state index >= 15 is 0 Å². The smallest absolute Gasteiger partial charge is 0.548 e. The third-order valence-corrected chi connectivity index (χ3v) is 8.50. The topological polar surface area (TPSA) is 158 Å². The number of hydrogen-bond donors (Lipinski definition) is 2. The third kappa shape index (κ3) is 9.72. The normalized spacial score (nSPS) is 12.3. The minimum Gasteiger partial charge on any atom is -0.548 e. The molecule has 2 unspecified atom stereocenters. The minimum absolute atomic E-state index is 0. The molecular weight excluding hydrogens is 720 g/mol. The molecule has 0 saturated carbocycles. The molecule has 13 heteroatoms. The zero-order valence-electron chi connectivity index (χ0n) is 20.7. The molecule has 1 radical (unpaired) electrons. The maximum Gasteiger partial charge on any atom is 2.00 e. The molecule has 2 heterocycles. The second kappa shape index (κ2) is 15.3. The van der Waals surface area contributed by atoms with E-state index in [1.807, 2.05) is 62.4 Å². The number of thioether (sulfide) groups is 2. The summed E-state index contributed by atoms with van der Waals surface area (Å²) >= 11 is 9.65. The molecule has 0 saturated heterocycles. The van der Waals surface area contributed by atoms with Gasteiger partial charge >= 0.3 is 17.1 Å². The van der Waals surface area contributed by atoms with Crippen LogP contribution in [0.3, 0.4) is 0 Å². The van der Waals surface area contributed by atoms with Crippen molar-refractivity contribution in [3.05, 3.63) is 68.9 Å². The fourth-order valence-corrected chi connectivity index (χ4v) is 6.18. The molecule has 2 aromatic heterocycles. The Morgan fingerprint density at radius 1 is 0.769 bits per heavy atom. The summed E-state index contributed by atoms with van der Waals surface area (Å²) in [7, 11) is 0. The molecule has 0 spiro atoms. The predicted molar refractivity (Wildman–Crippen MR) is 156 cm³/mol. The number of aromatic nitrogens is 2. The summed E-state index contributed by atoms with van der Waals surface area (Å²) in [6, 6.07) is 13.6. The van der Waals surface area contributed by atoms with E-state index in [9.17, 15) is 19.8 Å². The second-order valence-corrected chi connectivity index (χ2v) is 12.3. The number of carbonyl (C=O) groups excluding carboxylic acids is 2. The molecule has 4 aromatic rings. The Bertz CT molecular complexity index is 1380. The van der Waals surface area contributed by atoms with Crippen LogP contribution in [0.15, 0.2) is 67.3 Å². The van der Waals surface area contributed by atoms with Gasteiger partial charge in [0.05, 0.1) is 35.1 Å². The van der Waals surface area contributed by atoms with E-state index in [2.05, 4.69) is 41.8 Å². The molecule has 2 atom stereocenters. The van der Waals surface area contributed by atoms with E-state index in [4.69, 9.17) is 11.5 Å². The summed E-state index contributed by atoms with van der Waals surface area (Å²) < 4.78 is 1.91. The number of aliphatic carboxylic acids is 2. The van der Waals surface area contributed by atoms with Crippen molar-refractivity contribution in [3.63, 3.8) is 0 Å². The largest absolute Gasteiger partial charge is 2.00 e. The number of nitrogens with zero attached hydrogens (tertiary/aromatic N) is 2. The molecule has 0 aliphatic heterocycles. The van der Waals surface area contributed by atoms with Gasteiger partial charge in [-0.1, -0.05) is 31.9 Å². The number of carboxylic acid groups (broad SMARTS) is 2. The summed E-state index contributed by atoms with van der Waals surface area (Å²) in [5, 5.41) is 23.2. The number of rotatable bonds is 8. The van der Waals surface area contributed by atoms with Crippen LogP contribution in [-0.4, -0.2) is 45.5 Å². The first-order chi connectivity index (χ1) is 17.9. The van der Waals surface area contributed by atoms with E-state index in [-0.39, 0.29) is 28.6 Å². The SMILES string of the molecule is Cc1cc(SCC(N)C(=O)[O-])c2cc(Br)ccc2n1.Cc1cc(SCC(N)C(=O)[O-])c2cc(Br)ccc2n1.[Cu+2]. The van der Waals surface area contributed by atoms with Gasteiger partial charge < -0.3 is 31.3 Å². The van der Waals surface area contributed by atoms with Gasteiger partial charge in [-0.25, -0.2) is 0 Å². The second-order valence-electron chi connectivity index (χ2n) is 8.32. The Morgan fingerprint density at radius 3 is 1.46 bits per heavy atom. The first-order valence-electron chi connectivity index (χ1n) is 11.3. The average Bonchev–Trinajstić information content (AvgIpc) is 2.86. The summed E-state index contributed by atoms with van der Waals surface area (Å²) in [6.45, 7) is 3.81. The summed E-state index contributed by atoms with van der Waals surface area (Å²) in [5.74, 6) is -1.92. The molecule has 2 aromatic carbocycles. The van der Waals surface area contributed by atoms with Crippen molar-refractivity contribution in [3.8, 4) is 0 Å². The number of benzene rings is 2. The van der Waals surface area contributed by atoms with Gasteiger partial charge in [0.2, 0.25) is 0 Å². The first kappa shape index (κ1) is 33.5. The van der Waals surface area contributed by atoms with E-state index < -0.39 is 24.0 Å². The number of carbonyl (C=O) groups is 2. The average molecular weight is 744 g/mol. The minimum atomic E-state index is -1.23. The molecule has 4 rings (SSSR count). The van der Waals surface area contributed by atoms with Crippen LogP contribution in [0.2, 0.25) is 0 Å². The van der Waals surface area contributed by atoms with Crippen molar-refractivity contribution < 1.29 is 36.9 Å². The van der Waals surface area contributed by atoms with Crippen molar-refractivity contribution >= 4 is 89.1 Å². The number of nitrogens with two attached hydrogens (primary N) is 2. The summed E-state index contributed by atoms with van der Waals surface area (Å²) in [5.41, 5.74) is 14.5. The molecule has 0 amide bonds. The maximum atomic E-state index is 10.6. The number of halogens is 2. The Labute approximate surface area is 261 Å². The molecule has 4 N–H and O–H groups in total. The Kier molecular flexibility index (Phi) is 13.2. The van der Waals surface area contributed by atoms with Gasteiger partial charge in [0, 0.05) is 52.4 Å². The van der Waals surface area contributed by atoms with Crippen molar-refractivity contribution in [2.24, 2.45) is 11.5 Å². The molecule has 0 fully saturated rings. The molecule has 0 aliphatic carbocycles. The zero-order valence-corrected chi connectivity index (χ0v) is 26.5. The van der Waals surface area contributed by atoms with Gasteiger partial charge in [0.15, 0.2) is 0 Å². The van der Waals surface area contributed by atoms with Crippen LogP contribution in [0.25, 0.3) is 21.8 Å². The molecule has 39 heavy (non-hydrogen) atoms. The van der Waals surface area contributed by atoms with Crippen molar-refractivity contribution in [2.45, 2.75) is 35.7 Å². The standard InChI is InChI=1S/2C13H13BrN2O2S.Cu/c2*1-7-4-12(19-6-10(15)13(17)18)9-5-8(14)2-3-11(9)16-7;/h2*2-5,10H,6,15H2,1H3,(H,17,18);/q;;+2/p-2. The zero-order chi connectivity index (χ0) is 28.0. The van der Waals surface area contributed by atoms with Gasteiger partial charge in [-0.05, 0) is 62.4 Å². The predicted octanol–water partition coefficient (Wildman–Crippen LogP) is 2.95. The molecule has 8 nitrogen and oxygen atoms in total. The fourth-order valence-electron chi connectivity index (χ4n) is 3.32. The maximum absolute atomic E-state index is 10.6. The number of hydrogen-bond acceptors (Lipinski definition) is 10. The Balaban J connectivity index is 0.000000267. The first-order valence-corrected chi connectivity index (χ1v) is 14.8. The number of aryl methyl sites for hydroxylation is 2. The Morgan fingerprint density at radius 2 is 1.13 bits per heavy atom.